The maximum atomic E-state index is 11.6. The van der Waals surface area contributed by atoms with Crippen LogP contribution >= 0.6 is 0 Å². The molecule has 6 nitrogen and oxygen atoms in total. The van der Waals surface area contributed by atoms with E-state index in [9.17, 15) is 8.42 Å². The summed E-state index contributed by atoms with van der Waals surface area (Å²) in [6, 6.07) is 0.956. The number of rotatable bonds is 4. The molecule has 2 aliphatic heterocycles. The summed E-state index contributed by atoms with van der Waals surface area (Å²) in [6.07, 6.45) is 8.90. The molecule has 2 aliphatic carbocycles. The summed E-state index contributed by atoms with van der Waals surface area (Å²) in [4.78, 5) is 4.73. The summed E-state index contributed by atoms with van der Waals surface area (Å²) in [5, 5.41) is 7.10. The van der Waals surface area contributed by atoms with Crippen LogP contribution in [0.5, 0.6) is 0 Å². The zero-order chi connectivity index (χ0) is 16.6. The van der Waals surface area contributed by atoms with Gasteiger partial charge in [0.25, 0.3) is 0 Å². The van der Waals surface area contributed by atoms with E-state index in [1.165, 1.54) is 32.1 Å². The average Bonchev–Trinajstić information content (AvgIpc) is 3.26. The Morgan fingerprint density at radius 2 is 1.92 bits per heavy atom. The predicted molar refractivity (Wildman–Crippen MR) is 93.9 cm³/mol. The van der Waals surface area contributed by atoms with Gasteiger partial charge in [-0.15, -0.1) is 0 Å². The number of aliphatic imine (C=N–C) groups is 1. The number of nitrogens with one attached hydrogen (secondary N) is 2. The average molecular weight is 356 g/mol. The maximum Gasteiger partial charge on any atom is 0.191 e. The molecular weight excluding hydrogens is 326 g/mol. The first-order chi connectivity index (χ1) is 11.5. The summed E-state index contributed by atoms with van der Waals surface area (Å²) in [6.45, 7) is 1.44. The van der Waals surface area contributed by atoms with Gasteiger partial charge in [-0.05, 0) is 57.3 Å². The van der Waals surface area contributed by atoms with E-state index in [-0.39, 0.29) is 11.5 Å². The van der Waals surface area contributed by atoms with Crippen LogP contribution in [0.25, 0.3) is 0 Å². The summed E-state index contributed by atoms with van der Waals surface area (Å²) in [5.41, 5.74) is 0.125. The first-order valence-corrected chi connectivity index (χ1v) is 11.3. The molecule has 0 aromatic heterocycles. The molecule has 2 atom stereocenters. The summed E-state index contributed by atoms with van der Waals surface area (Å²) in [5.74, 6) is 1.69. The quantitative estimate of drug-likeness (QED) is 0.585. The van der Waals surface area contributed by atoms with Crippen LogP contribution in [-0.2, 0) is 14.6 Å². The van der Waals surface area contributed by atoms with Crippen LogP contribution in [0.2, 0.25) is 0 Å². The minimum absolute atomic E-state index is 0.125. The molecule has 0 aromatic carbocycles. The SMILES string of the molecule is O=S1(=O)CCC(CN=C(NC2CC2)NC2CCOC3(CCC3)C2)C1. The Bertz CT molecular complexity index is 596. The Hall–Kier alpha value is -0.820. The molecule has 136 valence electrons. The predicted octanol–water partition coefficient (Wildman–Crippen LogP) is 1.22. The lowest BCUT2D eigenvalue weighted by atomic mass is 9.74. The summed E-state index contributed by atoms with van der Waals surface area (Å²) >= 11 is 0. The largest absolute Gasteiger partial charge is 0.375 e. The molecule has 0 aromatic rings. The van der Waals surface area contributed by atoms with Gasteiger partial charge in [0.1, 0.15) is 0 Å². The topological polar surface area (TPSA) is 79.8 Å². The van der Waals surface area contributed by atoms with Gasteiger partial charge in [-0.3, -0.25) is 4.99 Å². The van der Waals surface area contributed by atoms with E-state index < -0.39 is 9.84 Å². The Morgan fingerprint density at radius 3 is 2.54 bits per heavy atom. The molecule has 0 amide bonds. The lowest BCUT2D eigenvalue weighted by molar-refractivity contribution is -0.134. The van der Waals surface area contributed by atoms with E-state index in [4.69, 9.17) is 9.73 Å². The van der Waals surface area contributed by atoms with Crippen LogP contribution in [0.4, 0.5) is 0 Å². The van der Waals surface area contributed by atoms with Crippen molar-refractivity contribution in [2.24, 2.45) is 10.9 Å². The number of guanidine groups is 1. The van der Waals surface area contributed by atoms with E-state index in [0.29, 0.717) is 30.1 Å². The van der Waals surface area contributed by atoms with Crippen molar-refractivity contribution >= 4 is 15.8 Å². The second-order valence-corrected chi connectivity index (χ2v) is 10.3. The molecule has 2 saturated carbocycles. The molecule has 24 heavy (non-hydrogen) atoms. The molecule has 4 aliphatic rings. The highest BCUT2D eigenvalue weighted by Crippen LogP contribution is 2.42. The van der Waals surface area contributed by atoms with Gasteiger partial charge < -0.3 is 15.4 Å². The molecule has 4 fully saturated rings. The zero-order valence-electron chi connectivity index (χ0n) is 14.3. The number of ether oxygens (including phenoxy) is 1. The van der Waals surface area contributed by atoms with E-state index in [0.717, 1.165) is 31.8 Å². The first kappa shape index (κ1) is 16.6. The van der Waals surface area contributed by atoms with Gasteiger partial charge in [-0.25, -0.2) is 8.42 Å². The Kier molecular flexibility index (Phi) is 4.49. The minimum Gasteiger partial charge on any atom is -0.375 e. The molecule has 2 heterocycles. The fourth-order valence-corrected chi connectivity index (χ4v) is 5.90. The van der Waals surface area contributed by atoms with Gasteiger partial charge in [0.15, 0.2) is 15.8 Å². The van der Waals surface area contributed by atoms with Gasteiger partial charge >= 0.3 is 0 Å². The highest BCUT2D eigenvalue weighted by molar-refractivity contribution is 7.91. The molecule has 4 rings (SSSR count). The first-order valence-electron chi connectivity index (χ1n) is 9.44. The van der Waals surface area contributed by atoms with E-state index in [2.05, 4.69) is 10.6 Å². The van der Waals surface area contributed by atoms with Crippen molar-refractivity contribution in [3.63, 3.8) is 0 Å². The number of hydrogen-bond acceptors (Lipinski definition) is 4. The van der Waals surface area contributed by atoms with Crippen molar-refractivity contribution in [3.8, 4) is 0 Å². The molecule has 2 N–H and O–H groups in total. The summed E-state index contributed by atoms with van der Waals surface area (Å²) < 4.78 is 29.2. The Balaban J connectivity index is 1.35. The highest BCUT2D eigenvalue weighted by Gasteiger charge is 2.42. The van der Waals surface area contributed by atoms with Gasteiger partial charge in [0.2, 0.25) is 0 Å². The molecule has 2 unspecified atom stereocenters. The van der Waals surface area contributed by atoms with Crippen LogP contribution in [0.15, 0.2) is 4.99 Å². The normalized spacial score (nSPS) is 34.8. The number of hydrogen-bond donors (Lipinski definition) is 2. The maximum absolute atomic E-state index is 11.6. The van der Waals surface area contributed by atoms with Gasteiger partial charge in [-0.1, -0.05) is 0 Å². The Labute approximate surface area is 144 Å². The van der Waals surface area contributed by atoms with Crippen LogP contribution in [0.3, 0.4) is 0 Å². The number of nitrogens with zero attached hydrogens (tertiary/aromatic N) is 1. The molecular formula is C17H29N3O3S. The Morgan fingerprint density at radius 1 is 1.12 bits per heavy atom. The minimum atomic E-state index is -2.82. The molecule has 0 bridgehead atoms. The number of sulfone groups is 1. The van der Waals surface area contributed by atoms with Crippen molar-refractivity contribution < 1.29 is 13.2 Å². The van der Waals surface area contributed by atoms with Gasteiger partial charge in [-0.2, -0.15) is 0 Å². The van der Waals surface area contributed by atoms with Crippen molar-refractivity contribution in [3.05, 3.63) is 0 Å². The standard InChI is InChI=1S/C17H29N3O3S/c21-24(22)9-5-13(12-24)11-18-16(19-14-2-3-14)20-15-4-8-23-17(10-15)6-1-7-17/h13-15H,1-12H2,(H2,18,19,20). The lowest BCUT2D eigenvalue weighted by Gasteiger charge is -2.47. The van der Waals surface area contributed by atoms with E-state index in [1.807, 2.05) is 0 Å². The van der Waals surface area contributed by atoms with Crippen molar-refractivity contribution in [2.45, 2.75) is 69.1 Å². The second-order valence-electron chi connectivity index (χ2n) is 8.10. The third-order valence-corrected chi connectivity index (χ3v) is 7.69. The fraction of sp³-hybridized carbons (Fsp3) is 0.941. The monoisotopic (exact) mass is 355 g/mol. The zero-order valence-corrected chi connectivity index (χ0v) is 15.1. The molecule has 0 radical (unpaired) electrons. The third kappa shape index (κ3) is 4.04. The lowest BCUT2D eigenvalue weighted by Crippen LogP contribution is -2.54. The molecule has 2 saturated heterocycles. The second kappa shape index (κ2) is 6.48. The fourth-order valence-electron chi connectivity index (χ4n) is 4.05. The molecule has 7 heteroatoms. The highest BCUT2D eigenvalue weighted by atomic mass is 32.2. The van der Waals surface area contributed by atoms with Crippen LogP contribution in [0.1, 0.15) is 51.4 Å². The molecule has 1 spiro atoms. The van der Waals surface area contributed by atoms with Crippen LogP contribution in [-0.4, -0.2) is 56.7 Å². The van der Waals surface area contributed by atoms with Gasteiger partial charge in [0, 0.05) is 25.2 Å². The van der Waals surface area contributed by atoms with Crippen molar-refractivity contribution in [1.29, 1.82) is 0 Å². The van der Waals surface area contributed by atoms with Gasteiger partial charge in [0.05, 0.1) is 17.1 Å². The van der Waals surface area contributed by atoms with Crippen molar-refractivity contribution in [2.75, 3.05) is 24.7 Å². The third-order valence-electron chi connectivity index (χ3n) is 5.85. The van der Waals surface area contributed by atoms with Crippen molar-refractivity contribution in [1.82, 2.24) is 10.6 Å². The smallest absolute Gasteiger partial charge is 0.191 e. The van der Waals surface area contributed by atoms with Crippen LogP contribution in [0, 0.1) is 5.92 Å². The van der Waals surface area contributed by atoms with E-state index >= 15 is 0 Å². The van der Waals surface area contributed by atoms with Crippen LogP contribution < -0.4 is 10.6 Å². The summed E-state index contributed by atoms with van der Waals surface area (Å²) in [7, 11) is -2.82. The van der Waals surface area contributed by atoms with E-state index in [1.54, 1.807) is 0 Å².